The number of anilines is 1. The van der Waals surface area contributed by atoms with E-state index < -0.39 is 0 Å². The lowest BCUT2D eigenvalue weighted by Gasteiger charge is -2.35. The fourth-order valence-corrected chi connectivity index (χ4v) is 4.71. The minimum Gasteiger partial charge on any atom is -0.462 e. The lowest BCUT2D eigenvalue weighted by Crippen LogP contribution is -2.47. The van der Waals surface area contributed by atoms with Crippen molar-refractivity contribution in [3.05, 3.63) is 23.4 Å². The van der Waals surface area contributed by atoms with E-state index in [0.29, 0.717) is 0 Å². The van der Waals surface area contributed by atoms with E-state index in [-0.39, 0.29) is 17.5 Å². The zero-order valence-electron chi connectivity index (χ0n) is 14.6. The molecule has 1 spiro atoms. The van der Waals surface area contributed by atoms with Gasteiger partial charge in [0.25, 0.3) is 0 Å². The normalized spacial score (nSPS) is 26.4. The molecule has 0 aromatic carbocycles. The zero-order valence-corrected chi connectivity index (χ0v) is 15.4. The molecule has 2 aliphatic heterocycles. The van der Waals surface area contributed by atoms with E-state index in [0.717, 1.165) is 69.2 Å². The average Bonchev–Trinajstić information content (AvgIpc) is 3.21. The smallest absolute Gasteiger partial charge is 0.312 e. The van der Waals surface area contributed by atoms with E-state index in [9.17, 15) is 4.79 Å². The van der Waals surface area contributed by atoms with E-state index in [1.807, 2.05) is 6.07 Å². The first-order chi connectivity index (χ1) is 12.1. The second-order valence-corrected chi connectivity index (χ2v) is 8.10. The molecule has 0 amide bonds. The Bertz CT molecular complexity index is 625. The third-order valence-electron chi connectivity index (χ3n) is 6.06. The largest absolute Gasteiger partial charge is 0.462 e. The Morgan fingerprint density at radius 3 is 2.72 bits per heavy atom. The number of hydrogen-bond acceptors (Lipinski definition) is 5. The van der Waals surface area contributed by atoms with Crippen LogP contribution in [0.2, 0.25) is 5.02 Å². The molecule has 1 atom stereocenters. The van der Waals surface area contributed by atoms with Crippen molar-refractivity contribution in [3.63, 3.8) is 0 Å². The number of piperazine rings is 1. The summed E-state index contributed by atoms with van der Waals surface area (Å²) in [6.07, 6.45) is 8.22. The van der Waals surface area contributed by atoms with Crippen molar-refractivity contribution in [1.82, 2.24) is 9.88 Å². The quantitative estimate of drug-likeness (QED) is 0.769. The lowest BCUT2D eigenvalue weighted by atomic mass is 9.83. The van der Waals surface area contributed by atoms with Gasteiger partial charge in [-0.2, -0.15) is 0 Å². The molecule has 0 radical (unpaired) electrons. The van der Waals surface area contributed by atoms with Gasteiger partial charge in [-0.15, -0.1) is 0 Å². The van der Waals surface area contributed by atoms with E-state index in [4.69, 9.17) is 16.3 Å². The van der Waals surface area contributed by atoms with Gasteiger partial charge < -0.3 is 9.64 Å². The first-order valence-corrected chi connectivity index (χ1v) is 9.82. The number of carbonyl (C=O) groups excluding carboxylic acids is 1. The van der Waals surface area contributed by atoms with Crippen LogP contribution in [0.5, 0.6) is 0 Å². The van der Waals surface area contributed by atoms with Gasteiger partial charge in [0.05, 0.1) is 5.41 Å². The van der Waals surface area contributed by atoms with Gasteiger partial charge in [-0.25, -0.2) is 4.98 Å². The zero-order chi connectivity index (χ0) is 17.3. The standard InChI is InChI=1S/C19H26ClN3O2/c20-15-3-7-21-17(13-15)23-11-9-22(10-12-23)8-4-16-14-19(18(24)25-16)5-1-2-6-19/h3,7,13,16H,1-2,4-6,8-12,14H2/t16-/m1/s1. The summed E-state index contributed by atoms with van der Waals surface area (Å²) >= 11 is 6.06. The molecule has 4 rings (SSSR count). The summed E-state index contributed by atoms with van der Waals surface area (Å²) in [6.45, 7) is 4.95. The molecule has 0 unspecified atom stereocenters. The van der Waals surface area contributed by atoms with Crippen LogP contribution in [0.1, 0.15) is 38.5 Å². The maximum absolute atomic E-state index is 12.2. The first kappa shape index (κ1) is 17.1. The summed E-state index contributed by atoms with van der Waals surface area (Å²) in [5.74, 6) is 1.03. The Morgan fingerprint density at radius 1 is 1.24 bits per heavy atom. The Labute approximate surface area is 154 Å². The minimum absolute atomic E-state index is 0.0758. The fourth-order valence-electron chi connectivity index (χ4n) is 4.55. The summed E-state index contributed by atoms with van der Waals surface area (Å²) in [5, 5.41) is 0.733. The summed E-state index contributed by atoms with van der Waals surface area (Å²) < 4.78 is 5.69. The van der Waals surface area contributed by atoms with Gasteiger partial charge in [0.15, 0.2) is 0 Å². The number of esters is 1. The third-order valence-corrected chi connectivity index (χ3v) is 6.29. The van der Waals surface area contributed by atoms with Crippen LogP contribution in [0.15, 0.2) is 18.3 Å². The van der Waals surface area contributed by atoms with Crippen LogP contribution in [0.25, 0.3) is 0 Å². The highest BCUT2D eigenvalue weighted by Crippen LogP contribution is 2.48. The van der Waals surface area contributed by atoms with Crippen molar-refractivity contribution in [2.75, 3.05) is 37.6 Å². The van der Waals surface area contributed by atoms with Gasteiger partial charge in [-0.3, -0.25) is 9.69 Å². The van der Waals surface area contributed by atoms with Gasteiger partial charge in [-0.1, -0.05) is 24.4 Å². The highest BCUT2D eigenvalue weighted by Gasteiger charge is 2.50. The van der Waals surface area contributed by atoms with Gasteiger partial charge in [-0.05, 0) is 31.4 Å². The highest BCUT2D eigenvalue weighted by molar-refractivity contribution is 6.30. The number of carbonyl (C=O) groups is 1. The predicted octanol–water partition coefficient (Wildman–Crippen LogP) is 3.12. The molecule has 136 valence electrons. The molecule has 6 heteroatoms. The number of ether oxygens (including phenoxy) is 1. The molecule has 3 heterocycles. The van der Waals surface area contributed by atoms with Crippen LogP contribution < -0.4 is 4.90 Å². The summed E-state index contributed by atoms with van der Waals surface area (Å²) in [5.41, 5.74) is -0.123. The molecule has 1 aliphatic carbocycles. The van der Waals surface area contributed by atoms with Crippen molar-refractivity contribution in [2.45, 2.75) is 44.6 Å². The van der Waals surface area contributed by atoms with Crippen molar-refractivity contribution < 1.29 is 9.53 Å². The lowest BCUT2D eigenvalue weighted by molar-refractivity contribution is -0.148. The number of pyridine rings is 1. The average molecular weight is 364 g/mol. The molecular formula is C19H26ClN3O2. The molecule has 5 nitrogen and oxygen atoms in total. The first-order valence-electron chi connectivity index (χ1n) is 9.45. The summed E-state index contributed by atoms with van der Waals surface area (Å²) in [7, 11) is 0. The van der Waals surface area contributed by atoms with Gasteiger partial charge in [0.2, 0.25) is 0 Å². The van der Waals surface area contributed by atoms with Gasteiger partial charge in [0, 0.05) is 50.4 Å². The second kappa shape index (κ2) is 7.12. The molecule has 25 heavy (non-hydrogen) atoms. The third kappa shape index (κ3) is 3.63. The van der Waals surface area contributed by atoms with Crippen molar-refractivity contribution >= 4 is 23.4 Å². The number of cyclic esters (lactones) is 1. The van der Waals surface area contributed by atoms with Crippen LogP contribution in [0.4, 0.5) is 5.82 Å². The second-order valence-electron chi connectivity index (χ2n) is 7.67. The van der Waals surface area contributed by atoms with E-state index in [1.54, 1.807) is 12.3 Å². The maximum atomic E-state index is 12.2. The number of nitrogens with zero attached hydrogens (tertiary/aromatic N) is 3. The van der Waals surface area contributed by atoms with Crippen molar-refractivity contribution in [1.29, 1.82) is 0 Å². The van der Waals surface area contributed by atoms with Crippen LogP contribution in [0, 0.1) is 5.41 Å². The van der Waals surface area contributed by atoms with Crippen LogP contribution in [-0.4, -0.2) is 54.7 Å². The van der Waals surface area contributed by atoms with Crippen LogP contribution >= 0.6 is 11.6 Å². The monoisotopic (exact) mass is 363 g/mol. The fraction of sp³-hybridized carbons (Fsp3) is 0.684. The topological polar surface area (TPSA) is 45.7 Å². The van der Waals surface area contributed by atoms with E-state index in [2.05, 4.69) is 14.8 Å². The number of rotatable bonds is 4. The molecule has 1 aromatic rings. The maximum Gasteiger partial charge on any atom is 0.312 e. The number of aromatic nitrogens is 1. The minimum atomic E-state index is -0.123. The SMILES string of the molecule is O=C1O[C@H](CCN2CCN(c3cc(Cl)ccn3)CC2)CC12CCCC2. The molecule has 2 saturated heterocycles. The molecule has 3 fully saturated rings. The molecule has 0 bridgehead atoms. The summed E-state index contributed by atoms with van der Waals surface area (Å²) in [6, 6.07) is 3.73. The van der Waals surface area contributed by atoms with E-state index in [1.165, 1.54) is 12.8 Å². The Morgan fingerprint density at radius 2 is 2.00 bits per heavy atom. The van der Waals surface area contributed by atoms with Gasteiger partial charge >= 0.3 is 5.97 Å². The number of halogens is 1. The van der Waals surface area contributed by atoms with Crippen LogP contribution in [0.3, 0.4) is 0 Å². The molecule has 0 N–H and O–H groups in total. The molecular weight excluding hydrogens is 338 g/mol. The van der Waals surface area contributed by atoms with Crippen LogP contribution in [-0.2, 0) is 9.53 Å². The Balaban J connectivity index is 1.24. The Kier molecular flexibility index (Phi) is 4.87. The number of hydrogen-bond donors (Lipinski definition) is 0. The molecule has 1 saturated carbocycles. The summed E-state index contributed by atoms with van der Waals surface area (Å²) in [4.78, 5) is 21.4. The highest BCUT2D eigenvalue weighted by atomic mass is 35.5. The molecule has 3 aliphatic rings. The van der Waals surface area contributed by atoms with E-state index >= 15 is 0 Å². The Hall–Kier alpha value is -1.33. The van der Waals surface area contributed by atoms with Crippen molar-refractivity contribution in [3.8, 4) is 0 Å². The predicted molar refractivity (Wildman–Crippen MR) is 97.9 cm³/mol. The molecule has 1 aromatic heterocycles. The van der Waals surface area contributed by atoms with Gasteiger partial charge in [0.1, 0.15) is 11.9 Å². The van der Waals surface area contributed by atoms with Crippen molar-refractivity contribution in [2.24, 2.45) is 5.41 Å².